The summed E-state index contributed by atoms with van der Waals surface area (Å²) in [5.41, 5.74) is 0. The number of piperidine rings is 1. The lowest BCUT2D eigenvalue weighted by Gasteiger charge is -2.37. The minimum Gasteiger partial charge on any atom is -0.469 e. The first-order chi connectivity index (χ1) is 10.2. The van der Waals surface area contributed by atoms with Crippen LogP contribution in [0.5, 0.6) is 0 Å². The Bertz CT molecular complexity index is 317. The largest absolute Gasteiger partial charge is 0.469 e. The second-order valence-corrected chi connectivity index (χ2v) is 6.43. The van der Waals surface area contributed by atoms with Gasteiger partial charge < -0.3 is 19.4 Å². The summed E-state index contributed by atoms with van der Waals surface area (Å²) in [6, 6.07) is 0.788. The Morgan fingerprint density at radius 1 is 1.05 bits per heavy atom. The van der Waals surface area contributed by atoms with Gasteiger partial charge in [0.05, 0.1) is 13.5 Å². The predicted octanol–water partition coefficient (Wildman–Crippen LogP) is 1.04. The molecular formula is C16H31N3O2. The van der Waals surface area contributed by atoms with E-state index in [2.05, 4.69) is 21.7 Å². The molecule has 0 aliphatic carbocycles. The van der Waals surface area contributed by atoms with Gasteiger partial charge in [-0.1, -0.05) is 6.42 Å². The summed E-state index contributed by atoms with van der Waals surface area (Å²) in [5.74, 6) is -0.0993. The van der Waals surface area contributed by atoms with Gasteiger partial charge in [0.1, 0.15) is 0 Å². The lowest BCUT2D eigenvalue weighted by atomic mass is 10.00. The summed E-state index contributed by atoms with van der Waals surface area (Å²) in [5, 5.41) is 0. The van der Waals surface area contributed by atoms with Crippen LogP contribution in [0.3, 0.4) is 0 Å². The molecule has 2 aliphatic rings. The van der Waals surface area contributed by atoms with Gasteiger partial charge >= 0.3 is 5.97 Å². The van der Waals surface area contributed by atoms with E-state index in [1.165, 1.54) is 45.9 Å². The van der Waals surface area contributed by atoms with Crippen molar-refractivity contribution in [1.29, 1.82) is 0 Å². The lowest BCUT2D eigenvalue weighted by molar-refractivity contribution is -0.141. The summed E-state index contributed by atoms with van der Waals surface area (Å²) < 4.78 is 4.70. The van der Waals surface area contributed by atoms with E-state index in [0.29, 0.717) is 6.42 Å². The standard InChI is InChI=1S/C16H31N3O2/c1-17-8-4-3-5-15(17)6-9-18-11-13-19(14-12-18)10-7-16(20)21-2/h15H,3-14H2,1-2H3. The van der Waals surface area contributed by atoms with Crippen LogP contribution in [-0.2, 0) is 9.53 Å². The van der Waals surface area contributed by atoms with Crippen LogP contribution in [0.4, 0.5) is 0 Å². The molecular weight excluding hydrogens is 266 g/mol. The number of hydrogen-bond donors (Lipinski definition) is 0. The fourth-order valence-corrected chi connectivity index (χ4v) is 3.43. The molecule has 2 saturated heterocycles. The molecule has 122 valence electrons. The van der Waals surface area contributed by atoms with Crippen LogP contribution >= 0.6 is 0 Å². The fourth-order valence-electron chi connectivity index (χ4n) is 3.43. The third-order valence-corrected chi connectivity index (χ3v) is 5.02. The van der Waals surface area contributed by atoms with Gasteiger partial charge in [-0.3, -0.25) is 4.79 Å². The van der Waals surface area contributed by atoms with Crippen molar-refractivity contribution in [2.75, 3.05) is 60.0 Å². The normalized spacial score (nSPS) is 25.9. The van der Waals surface area contributed by atoms with Crippen molar-refractivity contribution in [1.82, 2.24) is 14.7 Å². The van der Waals surface area contributed by atoms with Crippen LogP contribution < -0.4 is 0 Å². The molecule has 2 rings (SSSR count). The highest BCUT2D eigenvalue weighted by atomic mass is 16.5. The Balaban J connectivity index is 1.59. The number of carbonyl (C=O) groups is 1. The SMILES string of the molecule is COC(=O)CCN1CCN(CCC2CCCCN2C)CC1. The van der Waals surface area contributed by atoms with Gasteiger partial charge in [0.2, 0.25) is 0 Å². The molecule has 0 aromatic rings. The summed E-state index contributed by atoms with van der Waals surface area (Å²) in [4.78, 5) is 18.7. The summed E-state index contributed by atoms with van der Waals surface area (Å²) in [6.45, 7) is 7.77. The molecule has 0 spiro atoms. The monoisotopic (exact) mass is 297 g/mol. The number of esters is 1. The number of rotatable bonds is 6. The molecule has 0 radical (unpaired) electrons. The van der Waals surface area contributed by atoms with Gasteiger partial charge in [0.15, 0.2) is 0 Å². The Morgan fingerprint density at radius 2 is 1.71 bits per heavy atom. The third kappa shape index (κ3) is 5.57. The number of hydrogen-bond acceptors (Lipinski definition) is 5. The van der Waals surface area contributed by atoms with E-state index in [1.807, 2.05) is 0 Å². The highest BCUT2D eigenvalue weighted by Gasteiger charge is 2.21. The molecule has 2 aliphatic heterocycles. The molecule has 0 aromatic heterocycles. The first-order valence-electron chi connectivity index (χ1n) is 8.41. The van der Waals surface area contributed by atoms with Gasteiger partial charge in [0.25, 0.3) is 0 Å². The third-order valence-electron chi connectivity index (χ3n) is 5.02. The zero-order valence-corrected chi connectivity index (χ0v) is 13.7. The van der Waals surface area contributed by atoms with Crippen LogP contribution in [0.1, 0.15) is 32.1 Å². The summed E-state index contributed by atoms with van der Waals surface area (Å²) >= 11 is 0. The van der Waals surface area contributed by atoms with Crippen LogP contribution in [0.2, 0.25) is 0 Å². The Kier molecular flexibility index (Phi) is 6.93. The van der Waals surface area contributed by atoms with Crippen LogP contribution in [0.15, 0.2) is 0 Å². The van der Waals surface area contributed by atoms with Crippen molar-refractivity contribution in [3.8, 4) is 0 Å². The van der Waals surface area contributed by atoms with Crippen molar-refractivity contribution in [2.24, 2.45) is 0 Å². The molecule has 21 heavy (non-hydrogen) atoms. The maximum Gasteiger partial charge on any atom is 0.306 e. The molecule has 1 unspecified atom stereocenters. The Labute approximate surface area is 129 Å². The van der Waals surface area contributed by atoms with Crippen molar-refractivity contribution < 1.29 is 9.53 Å². The quantitative estimate of drug-likeness (QED) is 0.685. The average Bonchev–Trinajstić information content (AvgIpc) is 2.53. The number of carbonyl (C=O) groups excluding carboxylic acids is 1. The van der Waals surface area contributed by atoms with Gasteiger partial charge in [-0.15, -0.1) is 0 Å². The molecule has 0 N–H and O–H groups in total. The van der Waals surface area contributed by atoms with E-state index in [1.54, 1.807) is 0 Å². The van der Waals surface area contributed by atoms with Crippen LogP contribution in [0.25, 0.3) is 0 Å². The van der Waals surface area contributed by atoms with E-state index >= 15 is 0 Å². The second-order valence-electron chi connectivity index (χ2n) is 6.43. The maximum atomic E-state index is 11.2. The van der Waals surface area contributed by atoms with Crippen molar-refractivity contribution in [3.05, 3.63) is 0 Å². The summed E-state index contributed by atoms with van der Waals surface area (Å²) in [7, 11) is 3.73. The van der Waals surface area contributed by atoms with E-state index in [0.717, 1.165) is 38.8 Å². The van der Waals surface area contributed by atoms with E-state index in [9.17, 15) is 4.79 Å². The predicted molar refractivity (Wildman–Crippen MR) is 84.4 cm³/mol. The minimum atomic E-state index is -0.0993. The van der Waals surface area contributed by atoms with Crippen molar-refractivity contribution in [2.45, 2.75) is 38.1 Å². The molecule has 0 saturated carbocycles. The first-order valence-corrected chi connectivity index (χ1v) is 8.41. The Hall–Kier alpha value is -0.650. The molecule has 1 atom stereocenters. The highest BCUT2D eigenvalue weighted by molar-refractivity contribution is 5.69. The van der Waals surface area contributed by atoms with E-state index in [-0.39, 0.29) is 5.97 Å². The number of ether oxygens (including phenoxy) is 1. The lowest BCUT2D eigenvalue weighted by Crippen LogP contribution is -2.48. The maximum absolute atomic E-state index is 11.2. The van der Waals surface area contributed by atoms with E-state index < -0.39 is 0 Å². The number of nitrogens with zero attached hydrogens (tertiary/aromatic N) is 3. The average molecular weight is 297 g/mol. The number of methoxy groups -OCH3 is 1. The number of piperazine rings is 1. The van der Waals surface area contributed by atoms with E-state index in [4.69, 9.17) is 4.74 Å². The second kappa shape index (κ2) is 8.71. The Morgan fingerprint density at radius 3 is 2.33 bits per heavy atom. The molecule has 2 fully saturated rings. The zero-order chi connectivity index (χ0) is 15.1. The molecule has 0 amide bonds. The fraction of sp³-hybridized carbons (Fsp3) is 0.938. The van der Waals surface area contributed by atoms with Gasteiger partial charge in [-0.05, 0) is 39.4 Å². The first kappa shape index (κ1) is 16.7. The summed E-state index contributed by atoms with van der Waals surface area (Å²) in [6.07, 6.45) is 5.96. The molecule has 0 aromatic carbocycles. The van der Waals surface area contributed by atoms with Gasteiger partial charge in [-0.25, -0.2) is 0 Å². The van der Waals surface area contributed by atoms with Gasteiger partial charge in [0, 0.05) is 38.8 Å². The highest BCUT2D eigenvalue weighted by Crippen LogP contribution is 2.18. The van der Waals surface area contributed by atoms with Crippen LogP contribution in [0, 0.1) is 0 Å². The van der Waals surface area contributed by atoms with Crippen molar-refractivity contribution in [3.63, 3.8) is 0 Å². The molecule has 5 heteroatoms. The minimum absolute atomic E-state index is 0.0993. The molecule has 0 bridgehead atoms. The van der Waals surface area contributed by atoms with Gasteiger partial charge in [-0.2, -0.15) is 0 Å². The molecule has 5 nitrogen and oxygen atoms in total. The topological polar surface area (TPSA) is 36.0 Å². The zero-order valence-electron chi connectivity index (χ0n) is 13.7. The van der Waals surface area contributed by atoms with Crippen molar-refractivity contribution >= 4 is 5.97 Å². The smallest absolute Gasteiger partial charge is 0.306 e. The van der Waals surface area contributed by atoms with Crippen LogP contribution in [-0.4, -0.2) is 86.7 Å². The molecule has 2 heterocycles. The number of likely N-dealkylation sites (tertiary alicyclic amines) is 1.